The van der Waals surface area contributed by atoms with Gasteiger partial charge >= 0.3 is 0 Å². The highest BCUT2D eigenvalue weighted by Crippen LogP contribution is 2.20. The minimum Gasteiger partial charge on any atom is -0.490 e. The van der Waals surface area contributed by atoms with Crippen LogP contribution in [0.4, 0.5) is 0 Å². The van der Waals surface area contributed by atoms with Gasteiger partial charge in [0.1, 0.15) is 11.9 Å². The maximum Gasteiger partial charge on any atom is 0.122 e. The van der Waals surface area contributed by atoms with Gasteiger partial charge in [-0.15, -0.1) is 0 Å². The van der Waals surface area contributed by atoms with Crippen molar-refractivity contribution in [2.24, 2.45) is 0 Å². The average molecular weight is 243 g/mol. The van der Waals surface area contributed by atoms with E-state index in [1.54, 1.807) is 0 Å². The molecule has 0 saturated heterocycles. The van der Waals surface area contributed by atoms with Crippen molar-refractivity contribution in [3.63, 3.8) is 0 Å². The van der Waals surface area contributed by atoms with Crippen LogP contribution in [0.2, 0.25) is 0 Å². The quantitative estimate of drug-likeness (QED) is 0.738. The van der Waals surface area contributed by atoms with Gasteiger partial charge in [-0.1, -0.05) is 28.1 Å². The fourth-order valence-corrected chi connectivity index (χ4v) is 1.21. The van der Waals surface area contributed by atoms with Gasteiger partial charge in [0.2, 0.25) is 0 Å². The maximum absolute atomic E-state index is 5.73. The standard InChI is InChI=1S/C11H15BrO/c1-8-4-5-9(2)11(6-8)13-10(3)7-12/h4-6,10H,7H2,1-3H3. The summed E-state index contributed by atoms with van der Waals surface area (Å²) in [6.07, 6.45) is 0.223. The summed E-state index contributed by atoms with van der Waals surface area (Å²) in [6.45, 7) is 6.19. The zero-order valence-corrected chi connectivity index (χ0v) is 9.89. The molecule has 1 atom stereocenters. The Balaban J connectivity index is 2.81. The Morgan fingerprint density at radius 3 is 2.69 bits per heavy atom. The summed E-state index contributed by atoms with van der Waals surface area (Å²) < 4.78 is 5.73. The van der Waals surface area contributed by atoms with Gasteiger partial charge in [-0.3, -0.25) is 0 Å². The lowest BCUT2D eigenvalue weighted by atomic mass is 10.1. The molecule has 0 aliphatic heterocycles. The molecule has 2 heteroatoms. The first-order chi connectivity index (χ1) is 6.13. The van der Waals surface area contributed by atoms with Crippen molar-refractivity contribution < 1.29 is 4.74 Å². The van der Waals surface area contributed by atoms with Gasteiger partial charge in [-0.05, 0) is 38.0 Å². The Morgan fingerprint density at radius 2 is 2.08 bits per heavy atom. The molecule has 0 amide bonds. The minimum absolute atomic E-state index is 0.223. The van der Waals surface area contributed by atoms with Crippen molar-refractivity contribution in [1.29, 1.82) is 0 Å². The fraction of sp³-hybridized carbons (Fsp3) is 0.455. The van der Waals surface area contributed by atoms with Crippen molar-refractivity contribution in [3.8, 4) is 5.75 Å². The second-order valence-electron chi connectivity index (χ2n) is 3.35. The molecule has 0 spiro atoms. The van der Waals surface area contributed by atoms with Gasteiger partial charge < -0.3 is 4.74 Å². The maximum atomic E-state index is 5.73. The first kappa shape index (κ1) is 10.6. The zero-order valence-electron chi connectivity index (χ0n) is 8.30. The predicted octanol–water partition coefficient (Wildman–Crippen LogP) is 3.47. The van der Waals surface area contributed by atoms with Crippen molar-refractivity contribution in [3.05, 3.63) is 29.3 Å². The van der Waals surface area contributed by atoms with Crippen LogP contribution >= 0.6 is 15.9 Å². The predicted molar refractivity (Wildman–Crippen MR) is 59.8 cm³/mol. The Bertz CT molecular complexity index is 283. The number of hydrogen-bond donors (Lipinski definition) is 0. The van der Waals surface area contributed by atoms with Gasteiger partial charge in [0.05, 0.1) is 0 Å². The summed E-state index contributed by atoms with van der Waals surface area (Å²) in [5, 5.41) is 0.861. The molecular weight excluding hydrogens is 228 g/mol. The van der Waals surface area contributed by atoms with E-state index in [1.165, 1.54) is 11.1 Å². The number of halogens is 1. The Hall–Kier alpha value is -0.500. The number of alkyl halides is 1. The number of hydrogen-bond acceptors (Lipinski definition) is 1. The van der Waals surface area contributed by atoms with E-state index in [2.05, 4.69) is 54.9 Å². The van der Waals surface area contributed by atoms with Gasteiger partial charge in [-0.2, -0.15) is 0 Å². The molecule has 0 aliphatic carbocycles. The van der Waals surface area contributed by atoms with Gasteiger partial charge in [0.15, 0.2) is 0 Å². The largest absolute Gasteiger partial charge is 0.490 e. The van der Waals surface area contributed by atoms with E-state index >= 15 is 0 Å². The number of aryl methyl sites for hydroxylation is 2. The molecule has 1 aromatic rings. The van der Waals surface area contributed by atoms with Crippen LogP contribution < -0.4 is 4.74 Å². The molecule has 1 unspecified atom stereocenters. The Kier molecular flexibility index (Phi) is 3.79. The molecule has 0 radical (unpaired) electrons. The lowest BCUT2D eigenvalue weighted by molar-refractivity contribution is 0.246. The highest BCUT2D eigenvalue weighted by Gasteiger charge is 2.04. The third kappa shape index (κ3) is 3.03. The van der Waals surface area contributed by atoms with Crippen LogP contribution in [-0.4, -0.2) is 11.4 Å². The van der Waals surface area contributed by atoms with Crippen LogP contribution in [0.25, 0.3) is 0 Å². The molecule has 0 saturated carbocycles. The Morgan fingerprint density at radius 1 is 1.38 bits per heavy atom. The van der Waals surface area contributed by atoms with Crippen LogP contribution in [0.15, 0.2) is 18.2 Å². The molecule has 0 aliphatic rings. The zero-order chi connectivity index (χ0) is 9.84. The van der Waals surface area contributed by atoms with E-state index in [-0.39, 0.29) is 6.10 Å². The summed E-state index contributed by atoms with van der Waals surface area (Å²) in [7, 11) is 0. The molecule has 1 nitrogen and oxygen atoms in total. The summed E-state index contributed by atoms with van der Waals surface area (Å²) in [5.74, 6) is 0.993. The fourth-order valence-electron chi connectivity index (χ4n) is 1.08. The third-order valence-electron chi connectivity index (χ3n) is 1.89. The van der Waals surface area contributed by atoms with Crippen LogP contribution in [0.3, 0.4) is 0 Å². The van der Waals surface area contributed by atoms with Crippen LogP contribution in [-0.2, 0) is 0 Å². The molecule has 0 heterocycles. The van der Waals surface area contributed by atoms with E-state index in [9.17, 15) is 0 Å². The van der Waals surface area contributed by atoms with E-state index in [1.807, 2.05) is 0 Å². The third-order valence-corrected chi connectivity index (χ3v) is 2.80. The summed E-state index contributed by atoms with van der Waals surface area (Å²) in [4.78, 5) is 0. The Labute approximate surface area is 88.2 Å². The number of rotatable bonds is 3. The summed E-state index contributed by atoms with van der Waals surface area (Å²) in [5.41, 5.74) is 2.43. The molecule has 0 bridgehead atoms. The SMILES string of the molecule is Cc1ccc(C)c(OC(C)CBr)c1. The van der Waals surface area contributed by atoms with Crippen LogP contribution in [0.5, 0.6) is 5.75 Å². The van der Waals surface area contributed by atoms with E-state index in [0.717, 1.165) is 11.1 Å². The van der Waals surface area contributed by atoms with Crippen molar-refractivity contribution in [2.75, 3.05) is 5.33 Å². The second-order valence-corrected chi connectivity index (χ2v) is 4.00. The van der Waals surface area contributed by atoms with Gasteiger partial charge in [0.25, 0.3) is 0 Å². The smallest absolute Gasteiger partial charge is 0.122 e. The molecule has 72 valence electrons. The molecule has 1 rings (SSSR count). The number of ether oxygens (including phenoxy) is 1. The first-order valence-corrected chi connectivity index (χ1v) is 5.55. The summed E-state index contributed by atoms with van der Waals surface area (Å²) >= 11 is 3.39. The molecule has 13 heavy (non-hydrogen) atoms. The molecule has 1 aromatic carbocycles. The van der Waals surface area contributed by atoms with Crippen LogP contribution in [0.1, 0.15) is 18.1 Å². The minimum atomic E-state index is 0.223. The average Bonchev–Trinajstić information content (AvgIpc) is 2.11. The van der Waals surface area contributed by atoms with Gasteiger partial charge in [0, 0.05) is 5.33 Å². The molecule has 0 aromatic heterocycles. The summed E-state index contributed by atoms with van der Waals surface area (Å²) in [6, 6.07) is 6.26. The lowest BCUT2D eigenvalue weighted by Gasteiger charge is -2.14. The normalized spacial score (nSPS) is 12.6. The topological polar surface area (TPSA) is 9.23 Å². The van der Waals surface area contributed by atoms with Gasteiger partial charge in [-0.25, -0.2) is 0 Å². The molecule has 0 N–H and O–H groups in total. The van der Waals surface area contributed by atoms with Crippen LogP contribution in [0, 0.1) is 13.8 Å². The second kappa shape index (κ2) is 4.66. The molecular formula is C11H15BrO. The van der Waals surface area contributed by atoms with E-state index < -0.39 is 0 Å². The van der Waals surface area contributed by atoms with Crippen molar-refractivity contribution in [2.45, 2.75) is 26.9 Å². The highest BCUT2D eigenvalue weighted by atomic mass is 79.9. The lowest BCUT2D eigenvalue weighted by Crippen LogP contribution is -2.13. The first-order valence-electron chi connectivity index (χ1n) is 4.43. The highest BCUT2D eigenvalue weighted by molar-refractivity contribution is 9.09. The van der Waals surface area contributed by atoms with Crippen molar-refractivity contribution >= 4 is 15.9 Å². The molecule has 0 fully saturated rings. The van der Waals surface area contributed by atoms with E-state index in [4.69, 9.17) is 4.74 Å². The number of benzene rings is 1. The monoisotopic (exact) mass is 242 g/mol. The van der Waals surface area contributed by atoms with Crippen molar-refractivity contribution in [1.82, 2.24) is 0 Å². The van der Waals surface area contributed by atoms with E-state index in [0.29, 0.717) is 0 Å².